The molecule has 0 saturated carbocycles. The number of aromatic hydroxyl groups is 1. The lowest BCUT2D eigenvalue weighted by molar-refractivity contribution is 0.0786. The molecule has 0 fully saturated rings. The molecule has 1 atom stereocenters. The Morgan fingerprint density at radius 2 is 1.89 bits per heavy atom. The van der Waals surface area contributed by atoms with Gasteiger partial charge in [0.25, 0.3) is 0 Å². The molecule has 0 saturated heterocycles. The summed E-state index contributed by atoms with van der Waals surface area (Å²) in [6.07, 6.45) is -0.102. The van der Waals surface area contributed by atoms with Crippen LogP contribution in [0.25, 0.3) is 10.8 Å². The van der Waals surface area contributed by atoms with Crippen LogP contribution in [0.1, 0.15) is 24.2 Å². The number of hydrogen-bond acceptors (Lipinski definition) is 4. The van der Waals surface area contributed by atoms with Gasteiger partial charge < -0.3 is 19.3 Å². The number of ether oxygens (including phenoxy) is 3. The summed E-state index contributed by atoms with van der Waals surface area (Å²) < 4.78 is 16.3. The second-order valence-corrected chi connectivity index (χ2v) is 4.64. The predicted molar refractivity (Wildman–Crippen MR) is 71.9 cm³/mol. The van der Waals surface area contributed by atoms with Crippen molar-refractivity contribution in [3.63, 3.8) is 0 Å². The van der Waals surface area contributed by atoms with E-state index in [0.717, 1.165) is 16.5 Å². The largest absolute Gasteiger partial charge is 0.507 e. The Hall–Kier alpha value is -1.94. The standard InChI is InChI=1S/C15H16O4/c1-8-13-9(7-19-8)6-10-11(17-2)4-5-12(18-3)14(10)15(13)16/h4-6,8,16H,7H2,1-3H3. The lowest BCUT2D eigenvalue weighted by Gasteiger charge is -2.14. The summed E-state index contributed by atoms with van der Waals surface area (Å²) in [5, 5.41) is 12.1. The summed E-state index contributed by atoms with van der Waals surface area (Å²) in [5.74, 6) is 1.58. The maximum absolute atomic E-state index is 10.6. The highest BCUT2D eigenvalue weighted by molar-refractivity contribution is 5.99. The van der Waals surface area contributed by atoms with Crippen LogP contribution in [-0.2, 0) is 11.3 Å². The number of methoxy groups -OCH3 is 2. The average Bonchev–Trinajstić information content (AvgIpc) is 2.79. The van der Waals surface area contributed by atoms with Gasteiger partial charge in [0.1, 0.15) is 17.2 Å². The molecule has 2 aromatic carbocycles. The van der Waals surface area contributed by atoms with E-state index in [9.17, 15) is 5.11 Å². The van der Waals surface area contributed by atoms with Crippen molar-refractivity contribution in [3.8, 4) is 17.2 Å². The van der Waals surface area contributed by atoms with Crippen LogP contribution in [0.15, 0.2) is 18.2 Å². The molecule has 1 heterocycles. The number of rotatable bonds is 2. The van der Waals surface area contributed by atoms with Gasteiger partial charge in [0.05, 0.1) is 32.3 Å². The van der Waals surface area contributed by atoms with E-state index in [4.69, 9.17) is 14.2 Å². The van der Waals surface area contributed by atoms with Crippen LogP contribution >= 0.6 is 0 Å². The van der Waals surface area contributed by atoms with Crippen LogP contribution in [-0.4, -0.2) is 19.3 Å². The molecule has 3 rings (SSSR count). The molecule has 0 spiro atoms. The Balaban J connectivity index is 2.43. The number of fused-ring (bicyclic) bond motifs is 2. The molecule has 0 aromatic heterocycles. The number of hydrogen-bond donors (Lipinski definition) is 1. The zero-order chi connectivity index (χ0) is 13.6. The first-order valence-electron chi connectivity index (χ1n) is 6.18. The Morgan fingerprint density at radius 1 is 1.21 bits per heavy atom. The Bertz CT molecular complexity index is 648. The molecule has 19 heavy (non-hydrogen) atoms. The minimum atomic E-state index is -0.102. The summed E-state index contributed by atoms with van der Waals surface area (Å²) >= 11 is 0. The van der Waals surface area contributed by atoms with E-state index >= 15 is 0 Å². The van der Waals surface area contributed by atoms with Gasteiger partial charge in [-0.15, -0.1) is 0 Å². The molecular weight excluding hydrogens is 244 g/mol. The predicted octanol–water partition coefficient (Wildman–Crippen LogP) is 3.15. The van der Waals surface area contributed by atoms with Crippen LogP contribution in [0.5, 0.6) is 17.2 Å². The van der Waals surface area contributed by atoms with Gasteiger partial charge in [-0.3, -0.25) is 0 Å². The Labute approximate surface area is 111 Å². The monoisotopic (exact) mass is 260 g/mol. The molecule has 0 aliphatic carbocycles. The molecule has 4 nitrogen and oxygen atoms in total. The molecule has 4 heteroatoms. The normalized spacial score (nSPS) is 17.5. The van der Waals surface area contributed by atoms with Crippen LogP contribution in [0.4, 0.5) is 0 Å². The Morgan fingerprint density at radius 3 is 2.58 bits per heavy atom. The van der Waals surface area contributed by atoms with Crippen molar-refractivity contribution in [1.82, 2.24) is 0 Å². The maximum atomic E-state index is 10.6. The van der Waals surface area contributed by atoms with Gasteiger partial charge in [0.2, 0.25) is 0 Å². The minimum Gasteiger partial charge on any atom is -0.507 e. The van der Waals surface area contributed by atoms with Crippen molar-refractivity contribution in [2.24, 2.45) is 0 Å². The second-order valence-electron chi connectivity index (χ2n) is 4.64. The molecule has 0 bridgehead atoms. The molecular formula is C15H16O4. The molecule has 2 aromatic rings. The first-order chi connectivity index (χ1) is 9.17. The van der Waals surface area contributed by atoms with Gasteiger partial charge >= 0.3 is 0 Å². The zero-order valence-corrected chi connectivity index (χ0v) is 11.2. The first kappa shape index (κ1) is 12.1. The quantitative estimate of drug-likeness (QED) is 0.901. The van der Waals surface area contributed by atoms with Crippen molar-refractivity contribution in [3.05, 3.63) is 29.3 Å². The van der Waals surface area contributed by atoms with Gasteiger partial charge in [0, 0.05) is 10.9 Å². The molecule has 0 radical (unpaired) electrons. The van der Waals surface area contributed by atoms with Crippen LogP contribution in [0, 0.1) is 0 Å². The van der Waals surface area contributed by atoms with E-state index in [1.165, 1.54) is 0 Å². The molecule has 1 aliphatic heterocycles. The molecule has 100 valence electrons. The highest BCUT2D eigenvalue weighted by Gasteiger charge is 2.27. The van der Waals surface area contributed by atoms with Gasteiger partial charge in [-0.1, -0.05) is 0 Å². The third-order valence-corrected chi connectivity index (χ3v) is 3.66. The summed E-state index contributed by atoms with van der Waals surface area (Å²) in [5.41, 5.74) is 1.85. The lowest BCUT2D eigenvalue weighted by Crippen LogP contribution is -1.94. The number of benzene rings is 2. The van der Waals surface area contributed by atoms with Gasteiger partial charge in [0.15, 0.2) is 0 Å². The Kier molecular flexibility index (Phi) is 2.75. The van der Waals surface area contributed by atoms with Crippen LogP contribution < -0.4 is 9.47 Å². The molecule has 0 amide bonds. The topological polar surface area (TPSA) is 47.9 Å². The molecule has 1 N–H and O–H groups in total. The fourth-order valence-corrected chi connectivity index (χ4v) is 2.73. The third-order valence-electron chi connectivity index (χ3n) is 3.66. The summed E-state index contributed by atoms with van der Waals surface area (Å²) in [7, 11) is 3.21. The number of phenolic OH excluding ortho intramolecular Hbond substituents is 1. The van der Waals surface area contributed by atoms with E-state index in [0.29, 0.717) is 23.5 Å². The summed E-state index contributed by atoms with van der Waals surface area (Å²) in [6.45, 7) is 2.45. The smallest absolute Gasteiger partial charge is 0.133 e. The SMILES string of the molecule is COc1ccc(OC)c2c(O)c3c(cc12)COC3C. The van der Waals surface area contributed by atoms with E-state index < -0.39 is 0 Å². The van der Waals surface area contributed by atoms with E-state index in [1.807, 2.05) is 19.1 Å². The minimum absolute atomic E-state index is 0.102. The van der Waals surface area contributed by atoms with Crippen molar-refractivity contribution >= 4 is 10.8 Å². The average molecular weight is 260 g/mol. The van der Waals surface area contributed by atoms with Gasteiger partial charge in [-0.25, -0.2) is 0 Å². The highest BCUT2D eigenvalue weighted by atomic mass is 16.5. The second kappa shape index (κ2) is 4.31. The van der Waals surface area contributed by atoms with E-state index in [2.05, 4.69) is 0 Å². The number of phenols is 1. The molecule has 1 unspecified atom stereocenters. The summed E-state index contributed by atoms with van der Waals surface area (Å²) in [6, 6.07) is 5.65. The molecule has 1 aliphatic rings. The first-order valence-corrected chi connectivity index (χ1v) is 6.18. The van der Waals surface area contributed by atoms with Crippen molar-refractivity contribution in [2.75, 3.05) is 14.2 Å². The fraction of sp³-hybridized carbons (Fsp3) is 0.333. The maximum Gasteiger partial charge on any atom is 0.133 e. The summed E-state index contributed by atoms with van der Waals surface area (Å²) in [4.78, 5) is 0. The van der Waals surface area contributed by atoms with E-state index in [-0.39, 0.29) is 11.9 Å². The van der Waals surface area contributed by atoms with Crippen molar-refractivity contribution in [1.29, 1.82) is 0 Å². The van der Waals surface area contributed by atoms with Crippen molar-refractivity contribution < 1.29 is 19.3 Å². The van der Waals surface area contributed by atoms with Crippen LogP contribution in [0.3, 0.4) is 0 Å². The van der Waals surface area contributed by atoms with Gasteiger partial charge in [-0.05, 0) is 30.7 Å². The fourth-order valence-electron chi connectivity index (χ4n) is 2.73. The zero-order valence-electron chi connectivity index (χ0n) is 11.2. The third kappa shape index (κ3) is 1.64. The van der Waals surface area contributed by atoms with Crippen molar-refractivity contribution in [2.45, 2.75) is 19.6 Å². The van der Waals surface area contributed by atoms with Crippen LogP contribution in [0.2, 0.25) is 0 Å². The van der Waals surface area contributed by atoms with E-state index in [1.54, 1.807) is 20.3 Å². The lowest BCUT2D eigenvalue weighted by atomic mass is 9.97. The van der Waals surface area contributed by atoms with Gasteiger partial charge in [-0.2, -0.15) is 0 Å². The highest BCUT2D eigenvalue weighted by Crippen LogP contribution is 2.47.